The molecule has 17 heavy (non-hydrogen) atoms. The van der Waals surface area contributed by atoms with E-state index in [1.807, 2.05) is 0 Å². The zero-order chi connectivity index (χ0) is 12.4. The van der Waals surface area contributed by atoms with Gasteiger partial charge in [-0.1, -0.05) is 24.3 Å². The van der Waals surface area contributed by atoms with Gasteiger partial charge >= 0.3 is 13.1 Å². The Labute approximate surface area is 101 Å². The topological polar surface area (TPSA) is 90.7 Å². The molecule has 1 heterocycles. The number of hydrogen-bond acceptors (Lipinski definition) is 5. The maximum Gasteiger partial charge on any atom is 0.488 e. The molecule has 0 aliphatic rings. The molecule has 7 heteroatoms. The van der Waals surface area contributed by atoms with Crippen LogP contribution in [-0.4, -0.2) is 33.2 Å². The maximum atomic E-state index is 10.7. The number of aromatic carboxylic acids is 1. The summed E-state index contributed by atoms with van der Waals surface area (Å²) < 4.78 is 0. The lowest BCUT2D eigenvalue weighted by Crippen LogP contribution is -2.29. The molecule has 0 radical (unpaired) electrons. The van der Waals surface area contributed by atoms with Crippen LogP contribution in [0.2, 0.25) is 0 Å². The van der Waals surface area contributed by atoms with Gasteiger partial charge in [-0.15, -0.1) is 11.3 Å². The highest BCUT2D eigenvalue weighted by Crippen LogP contribution is 2.24. The van der Waals surface area contributed by atoms with Gasteiger partial charge < -0.3 is 15.2 Å². The number of hydrogen-bond donors (Lipinski definition) is 3. The standard InChI is InChI=1S/C10H8BNO4S/c13-10(14)8-5-12-9(17-8)6-2-1-3-7(4-6)11(15)16/h1-5,15-16H,(H,13,14). The molecule has 0 saturated carbocycles. The van der Waals surface area contributed by atoms with Crippen LogP contribution in [0, 0.1) is 0 Å². The van der Waals surface area contributed by atoms with Crippen molar-refractivity contribution in [2.75, 3.05) is 0 Å². The van der Waals surface area contributed by atoms with Gasteiger partial charge in [0.15, 0.2) is 0 Å². The average Bonchev–Trinajstić information content (AvgIpc) is 2.78. The van der Waals surface area contributed by atoms with Crippen molar-refractivity contribution in [2.45, 2.75) is 0 Å². The molecule has 0 bridgehead atoms. The van der Waals surface area contributed by atoms with Crippen LogP contribution in [0.4, 0.5) is 0 Å². The normalized spacial score (nSPS) is 10.2. The van der Waals surface area contributed by atoms with E-state index in [-0.39, 0.29) is 4.88 Å². The van der Waals surface area contributed by atoms with Gasteiger partial charge in [0.2, 0.25) is 0 Å². The highest BCUT2D eigenvalue weighted by molar-refractivity contribution is 7.16. The minimum absolute atomic E-state index is 0.148. The monoisotopic (exact) mass is 249 g/mol. The van der Waals surface area contributed by atoms with Crippen LogP contribution in [0.1, 0.15) is 9.67 Å². The molecule has 2 aromatic rings. The minimum Gasteiger partial charge on any atom is -0.477 e. The largest absolute Gasteiger partial charge is 0.488 e. The molecule has 0 fully saturated rings. The fourth-order valence-corrected chi connectivity index (χ4v) is 2.09. The third-order valence-corrected chi connectivity index (χ3v) is 3.18. The van der Waals surface area contributed by atoms with E-state index in [1.165, 1.54) is 6.20 Å². The van der Waals surface area contributed by atoms with Crippen molar-refractivity contribution < 1.29 is 19.9 Å². The molecule has 0 atom stereocenters. The van der Waals surface area contributed by atoms with E-state index in [0.29, 0.717) is 16.0 Å². The zero-order valence-electron chi connectivity index (χ0n) is 8.57. The van der Waals surface area contributed by atoms with E-state index in [4.69, 9.17) is 15.2 Å². The van der Waals surface area contributed by atoms with Gasteiger partial charge in [-0.05, 0) is 5.46 Å². The number of aromatic nitrogens is 1. The van der Waals surface area contributed by atoms with Gasteiger partial charge in [-0.3, -0.25) is 0 Å². The van der Waals surface area contributed by atoms with Gasteiger partial charge in [0.1, 0.15) is 9.88 Å². The molecule has 86 valence electrons. The Hall–Kier alpha value is -1.70. The lowest BCUT2D eigenvalue weighted by atomic mass is 9.80. The van der Waals surface area contributed by atoms with Gasteiger partial charge in [-0.25, -0.2) is 9.78 Å². The zero-order valence-corrected chi connectivity index (χ0v) is 9.39. The molecule has 0 spiro atoms. The predicted molar refractivity (Wildman–Crippen MR) is 64.3 cm³/mol. The minimum atomic E-state index is -1.55. The van der Waals surface area contributed by atoms with Crippen molar-refractivity contribution in [1.29, 1.82) is 0 Å². The Morgan fingerprint density at radius 2 is 2.12 bits per heavy atom. The van der Waals surface area contributed by atoms with Crippen molar-refractivity contribution in [2.24, 2.45) is 0 Å². The third kappa shape index (κ3) is 2.52. The quantitative estimate of drug-likeness (QED) is 0.675. The molecule has 3 N–H and O–H groups in total. The molecule has 0 aliphatic carbocycles. The van der Waals surface area contributed by atoms with Gasteiger partial charge in [0, 0.05) is 5.56 Å². The number of rotatable bonds is 3. The summed E-state index contributed by atoms with van der Waals surface area (Å²) in [6, 6.07) is 6.53. The Bertz CT molecular complexity index is 555. The average molecular weight is 249 g/mol. The summed E-state index contributed by atoms with van der Waals surface area (Å²) in [7, 11) is -1.55. The summed E-state index contributed by atoms with van der Waals surface area (Å²) in [5.74, 6) is -1.02. The van der Waals surface area contributed by atoms with E-state index in [9.17, 15) is 4.79 Å². The van der Waals surface area contributed by atoms with E-state index < -0.39 is 13.1 Å². The summed E-state index contributed by atoms with van der Waals surface area (Å²) in [4.78, 5) is 14.8. The van der Waals surface area contributed by atoms with Crippen LogP contribution in [0.5, 0.6) is 0 Å². The molecule has 0 amide bonds. The highest BCUT2D eigenvalue weighted by atomic mass is 32.1. The van der Waals surface area contributed by atoms with E-state index in [2.05, 4.69) is 4.98 Å². The van der Waals surface area contributed by atoms with Gasteiger partial charge in [-0.2, -0.15) is 0 Å². The fourth-order valence-electron chi connectivity index (χ4n) is 1.34. The Morgan fingerprint density at radius 3 is 2.71 bits per heavy atom. The third-order valence-electron chi connectivity index (χ3n) is 2.15. The van der Waals surface area contributed by atoms with Gasteiger partial charge in [0.25, 0.3) is 0 Å². The number of thiazole rings is 1. The number of carboxylic acid groups (broad SMARTS) is 1. The second kappa shape index (κ2) is 4.66. The van der Waals surface area contributed by atoms with Crippen LogP contribution < -0.4 is 5.46 Å². The lowest BCUT2D eigenvalue weighted by molar-refractivity contribution is 0.0702. The molecular weight excluding hydrogens is 241 g/mol. The Morgan fingerprint density at radius 1 is 1.35 bits per heavy atom. The maximum absolute atomic E-state index is 10.7. The number of carbonyl (C=O) groups is 1. The number of benzene rings is 1. The molecule has 0 unspecified atom stereocenters. The number of carboxylic acids is 1. The molecule has 5 nitrogen and oxygen atoms in total. The van der Waals surface area contributed by atoms with Crippen molar-refractivity contribution >= 4 is 29.9 Å². The van der Waals surface area contributed by atoms with Gasteiger partial charge in [0.05, 0.1) is 6.20 Å². The second-order valence-electron chi connectivity index (χ2n) is 3.33. The van der Waals surface area contributed by atoms with Crippen molar-refractivity contribution in [3.05, 3.63) is 35.3 Å². The smallest absolute Gasteiger partial charge is 0.477 e. The predicted octanol–water partition coefficient (Wildman–Crippen LogP) is 0.188. The molecule has 1 aromatic carbocycles. The van der Waals surface area contributed by atoms with Crippen LogP contribution in [0.15, 0.2) is 30.5 Å². The summed E-state index contributed by atoms with van der Waals surface area (Å²) in [6.45, 7) is 0. The van der Waals surface area contributed by atoms with E-state index >= 15 is 0 Å². The first-order chi connectivity index (χ1) is 8.08. The summed E-state index contributed by atoms with van der Waals surface area (Å²) in [5.41, 5.74) is 1.00. The van der Waals surface area contributed by atoms with Crippen LogP contribution in [-0.2, 0) is 0 Å². The fraction of sp³-hybridized carbons (Fsp3) is 0. The van der Waals surface area contributed by atoms with Crippen LogP contribution in [0.25, 0.3) is 10.6 Å². The van der Waals surface area contributed by atoms with Crippen molar-refractivity contribution in [3.8, 4) is 10.6 Å². The van der Waals surface area contributed by atoms with Crippen molar-refractivity contribution in [3.63, 3.8) is 0 Å². The highest BCUT2D eigenvalue weighted by Gasteiger charge is 2.14. The second-order valence-corrected chi connectivity index (χ2v) is 4.36. The summed E-state index contributed by atoms with van der Waals surface area (Å²) in [6.07, 6.45) is 1.28. The molecule has 2 rings (SSSR count). The molecule has 0 saturated heterocycles. The Balaban J connectivity index is 2.38. The summed E-state index contributed by atoms with van der Waals surface area (Å²) >= 11 is 1.04. The molecule has 0 aliphatic heterocycles. The lowest BCUT2D eigenvalue weighted by Gasteiger charge is -2.01. The SMILES string of the molecule is O=C(O)c1cnc(-c2cccc(B(O)O)c2)s1. The first-order valence-corrected chi connectivity index (χ1v) is 5.55. The van der Waals surface area contributed by atoms with E-state index in [1.54, 1.807) is 24.3 Å². The summed E-state index contributed by atoms with van der Waals surface area (Å²) in [5, 5.41) is 27.4. The van der Waals surface area contributed by atoms with Crippen molar-refractivity contribution in [1.82, 2.24) is 4.98 Å². The number of nitrogens with zero attached hydrogens (tertiary/aromatic N) is 1. The first kappa shape index (κ1) is 11.8. The molecular formula is C10H8BNO4S. The Kier molecular flexibility index (Phi) is 3.23. The molecule has 1 aromatic heterocycles. The first-order valence-electron chi connectivity index (χ1n) is 4.73. The van der Waals surface area contributed by atoms with Crippen LogP contribution >= 0.6 is 11.3 Å². The van der Waals surface area contributed by atoms with Crippen LogP contribution in [0.3, 0.4) is 0 Å². The van der Waals surface area contributed by atoms with E-state index in [0.717, 1.165) is 11.3 Å².